The fourth-order valence-corrected chi connectivity index (χ4v) is 3.15. The molecular weight excluding hydrogens is 297 g/mol. The fourth-order valence-electron chi connectivity index (χ4n) is 3.15. The molecule has 3 heteroatoms. The highest BCUT2D eigenvalue weighted by atomic mass is 19.2. The lowest BCUT2D eigenvalue weighted by Crippen LogP contribution is -2.08. The number of fused-ring (bicyclic) bond motifs is 4. The van der Waals surface area contributed by atoms with Crippen LogP contribution in [0.5, 0.6) is 0 Å². The maximum Gasteiger partial charge on any atom is 0.167 e. The molecule has 0 radical (unpaired) electrons. The van der Waals surface area contributed by atoms with E-state index in [-0.39, 0.29) is 16.7 Å². The van der Waals surface area contributed by atoms with Crippen molar-refractivity contribution in [3.8, 4) is 33.4 Å². The molecule has 1 aliphatic rings. The zero-order valence-corrected chi connectivity index (χ0v) is 12.7. The van der Waals surface area contributed by atoms with Gasteiger partial charge in [0, 0.05) is 16.7 Å². The Kier molecular flexibility index (Phi) is 2.89. The third-order valence-corrected chi connectivity index (χ3v) is 4.43. The average Bonchev–Trinajstić information content (AvgIpc) is 2.52. The Morgan fingerprint density at radius 1 is 0.609 bits per heavy atom. The normalized spacial score (nSPS) is 11.7. The molecule has 0 aliphatic heterocycles. The van der Waals surface area contributed by atoms with Gasteiger partial charge in [-0.25, -0.2) is 13.2 Å². The van der Waals surface area contributed by atoms with Gasteiger partial charge in [-0.3, -0.25) is 0 Å². The summed E-state index contributed by atoms with van der Waals surface area (Å²) >= 11 is 0. The molecule has 0 spiro atoms. The smallest absolute Gasteiger partial charge is 0.167 e. The lowest BCUT2D eigenvalue weighted by molar-refractivity contribution is 0.504. The summed E-state index contributed by atoms with van der Waals surface area (Å²) in [6.07, 6.45) is 0. The van der Waals surface area contributed by atoms with Crippen LogP contribution in [-0.4, -0.2) is 0 Å². The molecule has 0 amide bonds. The monoisotopic (exact) mass is 310 g/mol. The molecule has 3 aromatic rings. The Bertz CT molecular complexity index is 954. The SMILES string of the molecule is Cc1ccc(-c2ccc3c(c2F)-c2c-3cc(C)c(F)c2F)cc1. The molecule has 0 saturated heterocycles. The molecule has 0 heterocycles. The van der Waals surface area contributed by atoms with Crippen LogP contribution in [0.4, 0.5) is 13.2 Å². The minimum Gasteiger partial charge on any atom is -0.206 e. The number of aryl methyl sites for hydroxylation is 2. The van der Waals surface area contributed by atoms with Crippen molar-refractivity contribution in [2.24, 2.45) is 0 Å². The van der Waals surface area contributed by atoms with Crippen molar-refractivity contribution >= 4 is 0 Å². The number of hydrogen-bond acceptors (Lipinski definition) is 0. The van der Waals surface area contributed by atoms with Crippen LogP contribution in [0, 0.1) is 31.3 Å². The van der Waals surface area contributed by atoms with E-state index in [9.17, 15) is 13.2 Å². The first kappa shape index (κ1) is 14.1. The lowest BCUT2D eigenvalue weighted by Gasteiger charge is -2.27. The van der Waals surface area contributed by atoms with Gasteiger partial charge in [0.1, 0.15) is 5.82 Å². The Balaban J connectivity index is 1.93. The van der Waals surface area contributed by atoms with Crippen LogP contribution in [0.15, 0.2) is 42.5 Å². The molecule has 23 heavy (non-hydrogen) atoms. The number of rotatable bonds is 1. The molecule has 0 nitrogen and oxygen atoms in total. The largest absolute Gasteiger partial charge is 0.206 e. The predicted octanol–water partition coefficient (Wildman–Crippen LogP) is 6.04. The highest BCUT2D eigenvalue weighted by Gasteiger charge is 2.33. The summed E-state index contributed by atoms with van der Waals surface area (Å²) in [5.41, 5.74) is 3.86. The van der Waals surface area contributed by atoms with E-state index in [1.807, 2.05) is 31.2 Å². The van der Waals surface area contributed by atoms with Gasteiger partial charge in [-0.1, -0.05) is 42.0 Å². The van der Waals surface area contributed by atoms with Crippen molar-refractivity contribution in [2.75, 3.05) is 0 Å². The van der Waals surface area contributed by atoms with E-state index >= 15 is 0 Å². The molecule has 0 fully saturated rings. The van der Waals surface area contributed by atoms with Crippen molar-refractivity contribution in [3.05, 3.63) is 71.0 Å². The standard InChI is InChI=1S/C20H13F3/c1-10-3-5-12(6-4-10)13-7-8-14-15-9-11(2)18(21)20(23)17(15)16(14)19(13)22/h3-9H,1-2H3. The van der Waals surface area contributed by atoms with E-state index in [1.54, 1.807) is 18.2 Å². The third-order valence-electron chi connectivity index (χ3n) is 4.43. The van der Waals surface area contributed by atoms with E-state index in [0.29, 0.717) is 16.7 Å². The van der Waals surface area contributed by atoms with Crippen molar-refractivity contribution in [1.29, 1.82) is 0 Å². The van der Waals surface area contributed by atoms with E-state index in [4.69, 9.17) is 0 Å². The quantitative estimate of drug-likeness (QED) is 0.402. The number of benzene rings is 3. The molecule has 0 bridgehead atoms. The van der Waals surface area contributed by atoms with E-state index in [0.717, 1.165) is 11.1 Å². The highest BCUT2D eigenvalue weighted by Crippen LogP contribution is 2.52. The molecule has 0 unspecified atom stereocenters. The van der Waals surface area contributed by atoms with Crippen molar-refractivity contribution in [3.63, 3.8) is 0 Å². The second-order valence-corrected chi connectivity index (χ2v) is 5.96. The average molecular weight is 310 g/mol. The van der Waals surface area contributed by atoms with E-state index in [2.05, 4.69) is 0 Å². The summed E-state index contributed by atoms with van der Waals surface area (Å²) in [7, 11) is 0. The molecule has 0 saturated carbocycles. The molecule has 0 N–H and O–H groups in total. The molecule has 3 aromatic carbocycles. The van der Waals surface area contributed by atoms with Crippen molar-refractivity contribution < 1.29 is 13.2 Å². The Hall–Kier alpha value is -2.55. The third kappa shape index (κ3) is 1.86. The van der Waals surface area contributed by atoms with Crippen LogP contribution < -0.4 is 0 Å². The molecular formula is C20H13F3. The zero-order valence-electron chi connectivity index (χ0n) is 12.7. The highest BCUT2D eigenvalue weighted by molar-refractivity contribution is 6.04. The summed E-state index contributed by atoms with van der Waals surface area (Å²) in [5.74, 6) is -2.37. The molecule has 4 rings (SSSR count). The van der Waals surface area contributed by atoms with Gasteiger partial charge in [-0.05, 0) is 42.2 Å². The van der Waals surface area contributed by atoms with Gasteiger partial charge in [0.2, 0.25) is 0 Å². The van der Waals surface area contributed by atoms with Gasteiger partial charge in [0.15, 0.2) is 11.6 Å². The van der Waals surface area contributed by atoms with Crippen molar-refractivity contribution in [1.82, 2.24) is 0 Å². The van der Waals surface area contributed by atoms with Crippen LogP contribution in [0.1, 0.15) is 11.1 Å². The van der Waals surface area contributed by atoms with Crippen LogP contribution in [0.3, 0.4) is 0 Å². The maximum atomic E-state index is 14.9. The Morgan fingerprint density at radius 2 is 1.22 bits per heavy atom. The van der Waals surface area contributed by atoms with Gasteiger partial charge in [0.25, 0.3) is 0 Å². The molecule has 0 atom stereocenters. The number of halogens is 3. The minimum atomic E-state index is -0.965. The van der Waals surface area contributed by atoms with Crippen LogP contribution >= 0.6 is 0 Å². The topological polar surface area (TPSA) is 0 Å². The molecule has 0 aromatic heterocycles. The fraction of sp³-hybridized carbons (Fsp3) is 0.100. The van der Waals surface area contributed by atoms with E-state index < -0.39 is 17.5 Å². The first-order valence-electron chi connectivity index (χ1n) is 7.38. The molecule has 114 valence electrons. The maximum absolute atomic E-state index is 14.9. The van der Waals surface area contributed by atoms with Crippen LogP contribution in [-0.2, 0) is 0 Å². The van der Waals surface area contributed by atoms with Gasteiger partial charge >= 0.3 is 0 Å². The first-order valence-corrected chi connectivity index (χ1v) is 7.38. The Labute approximate surface area is 132 Å². The summed E-state index contributed by atoms with van der Waals surface area (Å²) in [6.45, 7) is 3.46. The van der Waals surface area contributed by atoms with Crippen LogP contribution in [0.25, 0.3) is 33.4 Å². The Morgan fingerprint density at radius 3 is 1.91 bits per heavy atom. The summed E-state index contributed by atoms with van der Waals surface area (Å²) in [4.78, 5) is 0. The zero-order chi connectivity index (χ0) is 16.3. The molecule has 1 aliphatic carbocycles. The minimum absolute atomic E-state index is 0.0505. The number of hydrogen-bond donors (Lipinski definition) is 0. The summed E-state index contributed by atoms with van der Waals surface area (Å²) < 4.78 is 42.9. The predicted molar refractivity (Wildman–Crippen MR) is 85.7 cm³/mol. The second-order valence-electron chi connectivity index (χ2n) is 5.96. The van der Waals surface area contributed by atoms with Crippen molar-refractivity contribution in [2.45, 2.75) is 13.8 Å². The van der Waals surface area contributed by atoms with Crippen LogP contribution in [0.2, 0.25) is 0 Å². The van der Waals surface area contributed by atoms with Gasteiger partial charge in [-0.15, -0.1) is 0 Å². The first-order chi connectivity index (χ1) is 11.0. The summed E-state index contributed by atoms with van der Waals surface area (Å²) in [5, 5.41) is 0. The lowest BCUT2D eigenvalue weighted by atomic mass is 9.77. The van der Waals surface area contributed by atoms with Gasteiger partial charge in [0.05, 0.1) is 0 Å². The summed E-state index contributed by atoms with van der Waals surface area (Å²) in [6, 6.07) is 12.5. The van der Waals surface area contributed by atoms with Gasteiger partial charge in [-0.2, -0.15) is 0 Å². The van der Waals surface area contributed by atoms with Gasteiger partial charge < -0.3 is 0 Å². The second kappa shape index (κ2) is 4.72. The van der Waals surface area contributed by atoms with E-state index in [1.165, 1.54) is 6.92 Å².